The van der Waals surface area contributed by atoms with Crippen molar-refractivity contribution in [2.75, 3.05) is 30.8 Å². The molecule has 2 rings (SSSR count). The average molecular weight is 225 g/mol. The summed E-state index contributed by atoms with van der Waals surface area (Å²) in [6, 6.07) is 0. The van der Waals surface area contributed by atoms with Gasteiger partial charge in [0.2, 0.25) is 11.9 Å². The van der Waals surface area contributed by atoms with E-state index in [-0.39, 0.29) is 23.8 Å². The van der Waals surface area contributed by atoms with Gasteiger partial charge in [0.15, 0.2) is 0 Å². The lowest BCUT2D eigenvalue weighted by Gasteiger charge is -2.12. The number of hydrogen-bond acceptors (Lipinski definition) is 6. The topological polar surface area (TPSA) is 97.1 Å². The third-order valence-corrected chi connectivity index (χ3v) is 2.89. The lowest BCUT2D eigenvalue weighted by molar-refractivity contribution is -0.145. The number of aromatic nitrogens is 3. The number of aromatic amines is 1. The van der Waals surface area contributed by atoms with Crippen LogP contribution in [0.3, 0.4) is 0 Å². The minimum Gasteiger partial charge on any atom is -0.469 e. The highest BCUT2D eigenvalue weighted by atomic mass is 16.5. The molecule has 0 spiro atoms. The first-order valence-electron chi connectivity index (χ1n) is 5.12. The summed E-state index contributed by atoms with van der Waals surface area (Å²) < 4.78 is 4.76. The normalized spacial score (nSPS) is 24.8. The number of nitrogens with one attached hydrogen (secondary N) is 1. The van der Waals surface area contributed by atoms with Gasteiger partial charge in [-0.2, -0.15) is 4.98 Å². The number of hydrogen-bond donors (Lipinski definition) is 2. The molecule has 16 heavy (non-hydrogen) atoms. The maximum Gasteiger partial charge on any atom is 0.310 e. The second kappa shape index (κ2) is 3.99. The van der Waals surface area contributed by atoms with Crippen LogP contribution in [0.25, 0.3) is 0 Å². The van der Waals surface area contributed by atoms with Gasteiger partial charge >= 0.3 is 5.97 Å². The highest BCUT2D eigenvalue weighted by molar-refractivity contribution is 5.74. The van der Waals surface area contributed by atoms with E-state index in [9.17, 15) is 4.79 Å². The van der Waals surface area contributed by atoms with Gasteiger partial charge in [-0.1, -0.05) is 6.92 Å². The number of nitrogens with two attached hydrogens (primary N) is 1. The van der Waals surface area contributed by atoms with E-state index in [1.807, 2.05) is 11.8 Å². The van der Waals surface area contributed by atoms with E-state index in [4.69, 9.17) is 10.5 Å². The Hall–Kier alpha value is -1.79. The summed E-state index contributed by atoms with van der Waals surface area (Å²) in [4.78, 5) is 17.4. The van der Waals surface area contributed by atoms with Crippen molar-refractivity contribution in [3.63, 3.8) is 0 Å². The van der Waals surface area contributed by atoms with Crippen LogP contribution in [0.1, 0.15) is 6.92 Å². The van der Waals surface area contributed by atoms with Gasteiger partial charge in [-0.25, -0.2) is 5.10 Å². The van der Waals surface area contributed by atoms with E-state index in [0.29, 0.717) is 12.5 Å². The standard InChI is InChI=1S/C9H15N5O2/c1-5-3-14(4-6(5)7(15)16-2)9-11-8(10)12-13-9/h5-6H,3-4H2,1-2H3,(H3,10,11,12,13). The number of ether oxygens (including phenoxy) is 1. The molecule has 2 heterocycles. The van der Waals surface area contributed by atoms with Gasteiger partial charge in [-0.05, 0) is 5.92 Å². The molecule has 1 aromatic rings. The van der Waals surface area contributed by atoms with Crippen LogP contribution in [0.2, 0.25) is 0 Å². The molecule has 0 radical (unpaired) electrons. The maximum atomic E-state index is 11.5. The summed E-state index contributed by atoms with van der Waals surface area (Å²) in [5.74, 6) is 0.746. The Kier molecular flexibility index (Phi) is 2.67. The van der Waals surface area contributed by atoms with Gasteiger partial charge in [0.1, 0.15) is 0 Å². The van der Waals surface area contributed by atoms with Gasteiger partial charge in [0, 0.05) is 13.1 Å². The molecule has 0 aromatic carbocycles. The minimum atomic E-state index is -0.182. The lowest BCUT2D eigenvalue weighted by atomic mass is 9.99. The van der Waals surface area contributed by atoms with Crippen molar-refractivity contribution in [3.8, 4) is 0 Å². The summed E-state index contributed by atoms with van der Waals surface area (Å²) in [6.45, 7) is 3.32. The highest BCUT2D eigenvalue weighted by Crippen LogP contribution is 2.26. The molecule has 1 fully saturated rings. The third-order valence-electron chi connectivity index (χ3n) is 2.89. The largest absolute Gasteiger partial charge is 0.469 e. The van der Waals surface area contributed by atoms with Crippen molar-refractivity contribution in [3.05, 3.63) is 0 Å². The van der Waals surface area contributed by atoms with Crippen molar-refractivity contribution in [1.82, 2.24) is 15.2 Å². The number of rotatable bonds is 2. The molecule has 0 bridgehead atoms. The van der Waals surface area contributed by atoms with Crippen LogP contribution < -0.4 is 10.6 Å². The molecule has 3 N–H and O–H groups in total. The quantitative estimate of drug-likeness (QED) is 0.667. The fourth-order valence-corrected chi connectivity index (χ4v) is 1.99. The molecule has 0 saturated carbocycles. The monoisotopic (exact) mass is 225 g/mol. The Labute approximate surface area is 93.0 Å². The number of anilines is 2. The van der Waals surface area contributed by atoms with Gasteiger partial charge in [-0.3, -0.25) is 4.79 Å². The van der Waals surface area contributed by atoms with Gasteiger partial charge in [0.25, 0.3) is 0 Å². The van der Waals surface area contributed by atoms with Crippen LogP contribution >= 0.6 is 0 Å². The molecule has 2 atom stereocenters. The summed E-state index contributed by atoms with van der Waals surface area (Å²) in [5, 5.41) is 6.54. The van der Waals surface area contributed by atoms with E-state index >= 15 is 0 Å². The van der Waals surface area contributed by atoms with Gasteiger partial charge in [0.05, 0.1) is 13.0 Å². The first-order valence-corrected chi connectivity index (χ1v) is 5.12. The molecular formula is C9H15N5O2. The van der Waals surface area contributed by atoms with E-state index in [2.05, 4.69) is 15.2 Å². The number of carbonyl (C=O) groups is 1. The molecule has 0 amide bonds. The molecule has 1 aromatic heterocycles. The van der Waals surface area contributed by atoms with Gasteiger partial charge in [-0.15, -0.1) is 5.10 Å². The second-order valence-corrected chi connectivity index (χ2v) is 4.03. The fraction of sp³-hybridized carbons (Fsp3) is 0.667. The summed E-state index contributed by atoms with van der Waals surface area (Å²) in [5.41, 5.74) is 5.45. The van der Waals surface area contributed by atoms with E-state index in [1.54, 1.807) is 0 Å². The zero-order valence-corrected chi connectivity index (χ0v) is 9.30. The number of nitrogen functional groups attached to an aromatic ring is 1. The zero-order valence-electron chi connectivity index (χ0n) is 9.30. The Morgan fingerprint density at radius 1 is 1.62 bits per heavy atom. The van der Waals surface area contributed by atoms with Crippen molar-refractivity contribution >= 4 is 17.9 Å². The van der Waals surface area contributed by atoms with E-state index < -0.39 is 0 Å². The fourth-order valence-electron chi connectivity index (χ4n) is 1.99. The van der Waals surface area contributed by atoms with Gasteiger partial charge < -0.3 is 15.4 Å². The van der Waals surface area contributed by atoms with E-state index in [0.717, 1.165) is 6.54 Å². The highest BCUT2D eigenvalue weighted by Gasteiger charge is 2.36. The van der Waals surface area contributed by atoms with Crippen LogP contribution in [0.15, 0.2) is 0 Å². The Morgan fingerprint density at radius 3 is 2.94 bits per heavy atom. The molecule has 1 aliphatic rings. The molecule has 88 valence electrons. The lowest BCUT2D eigenvalue weighted by Crippen LogP contribution is -2.24. The van der Waals surface area contributed by atoms with E-state index in [1.165, 1.54) is 7.11 Å². The first-order chi connectivity index (χ1) is 7.61. The SMILES string of the molecule is COC(=O)C1CN(c2n[nH]c(N)n2)CC1C. The predicted octanol–water partition coefficient (Wildman–Crippen LogP) is -0.368. The predicted molar refractivity (Wildman–Crippen MR) is 57.7 cm³/mol. The van der Waals surface area contributed by atoms with Crippen molar-refractivity contribution < 1.29 is 9.53 Å². The molecule has 7 heteroatoms. The third kappa shape index (κ3) is 1.80. The summed E-state index contributed by atoms with van der Waals surface area (Å²) in [6.07, 6.45) is 0. The Bertz CT molecular complexity index is 391. The number of H-pyrrole nitrogens is 1. The maximum absolute atomic E-state index is 11.5. The van der Waals surface area contributed by atoms with Crippen LogP contribution in [0.5, 0.6) is 0 Å². The molecule has 1 aliphatic heterocycles. The second-order valence-electron chi connectivity index (χ2n) is 4.03. The summed E-state index contributed by atoms with van der Waals surface area (Å²) in [7, 11) is 1.41. The van der Waals surface area contributed by atoms with Crippen LogP contribution in [-0.2, 0) is 9.53 Å². The zero-order chi connectivity index (χ0) is 11.7. The minimum absolute atomic E-state index is 0.121. The Morgan fingerprint density at radius 2 is 2.38 bits per heavy atom. The van der Waals surface area contributed by atoms with Crippen LogP contribution in [-0.4, -0.2) is 41.3 Å². The molecule has 1 saturated heterocycles. The Balaban J connectivity index is 2.09. The van der Waals surface area contributed by atoms with Crippen molar-refractivity contribution in [2.45, 2.75) is 6.92 Å². The van der Waals surface area contributed by atoms with Crippen LogP contribution in [0.4, 0.5) is 11.9 Å². The number of nitrogens with zero attached hydrogens (tertiary/aromatic N) is 3. The number of esters is 1. The molecular weight excluding hydrogens is 210 g/mol. The molecule has 7 nitrogen and oxygen atoms in total. The smallest absolute Gasteiger partial charge is 0.310 e. The number of carbonyl (C=O) groups excluding carboxylic acids is 1. The molecule has 2 unspecified atom stereocenters. The average Bonchev–Trinajstić information content (AvgIpc) is 2.83. The van der Waals surface area contributed by atoms with Crippen molar-refractivity contribution in [2.24, 2.45) is 11.8 Å². The molecule has 0 aliphatic carbocycles. The first kappa shape index (κ1) is 10.7. The van der Waals surface area contributed by atoms with Crippen LogP contribution in [0, 0.1) is 11.8 Å². The number of methoxy groups -OCH3 is 1. The van der Waals surface area contributed by atoms with Crippen molar-refractivity contribution in [1.29, 1.82) is 0 Å². The summed E-state index contributed by atoms with van der Waals surface area (Å²) >= 11 is 0.